The van der Waals surface area contributed by atoms with Crippen LogP contribution in [0.4, 0.5) is 5.69 Å². The molecule has 0 unspecified atom stereocenters. The van der Waals surface area contributed by atoms with Crippen molar-refractivity contribution in [2.45, 2.75) is 18.6 Å². The third-order valence-electron chi connectivity index (χ3n) is 4.17. The summed E-state index contributed by atoms with van der Waals surface area (Å²) in [5.41, 5.74) is 6.67. The number of carbonyl (C=O) groups excluding carboxylic acids is 2. The van der Waals surface area contributed by atoms with Crippen LogP contribution in [0.2, 0.25) is 0 Å². The number of carbonyl (C=O) groups is 2. The third kappa shape index (κ3) is 4.77. The summed E-state index contributed by atoms with van der Waals surface area (Å²) < 4.78 is 29.8. The van der Waals surface area contributed by atoms with Gasteiger partial charge in [-0.15, -0.1) is 0 Å². The summed E-state index contributed by atoms with van der Waals surface area (Å²) in [6, 6.07) is 15.7. The van der Waals surface area contributed by atoms with E-state index in [-0.39, 0.29) is 35.8 Å². The number of primary amides is 1. The van der Waals surface area contributed by atoms with Crippen LogP contribution in [0.25, 0.3) is 11.0 Å². The smallest absolute Gasteiger partial charge is 0.286 e. The minimum absolute atomic E-state index is 0.00821. The Bertz CT molecular complexity index is 1100. The Hall–Kier alpha value is -3.13. The molecule has 0 atom stereocenters. The van der Waals surface area contributed by atoms with E-state index in [1.807, 2.05) is 6.07 Å². The maximum absolute atomic E-state index is 12.3. The Balaban J connectivity index is 1.61. The number of furan rings is 1. The number of benzene rings is 2. The van der Waals surface area contributed by atoms with Crippen molar-refractivity contribution in [2.75, 3.05) is 11.1 Å². The lowest BCUT2D eigenvalue weighted by Crippen LogP contribution is -2.18. The quantitative estimate of drug-likeness (QED) is 0.602. The fourth-order valence-corrected chi connectivity index (χ4v) is 4.33. The predicted molar refractivity (Wildman–Crippen MR) is 107 cm³/mol. The summed E-state index contributed by atoms with van der Waals surface area (Å²) in [6.45, 7) is 0. The number of amides is 2. The molecule has 2 amide bonds. The number of hydrogen-bond donors (Lipinski definition) is 2. The van der Waals surface area contributed by atoms with Crippen LogP contribution in [0.3, 0.4) is 0 Å². The molecule has 7 nitrogen and oxygen atoms in total. The van der Waals surface area contributed by atoms with Gasteiger partial charge in [-0.25, -0.2) is 8.42 Å². The number of rotatable bonds is 8. The number of fused-ring (bicyclic) bond motifs is 1. The van der Waals surface area contributed by atoms with E-state index in [9.17, 15) is 18.0 Å². The zero-order valence-electron chi connectivity index (χ0n) is 15.1. The van der Waals surface area contributed by atoms with E-state index in [0.29, 0.717) is 16.5 Å². The highest BCUT2D eigenvalue weighted by Crippen LogP contribution is 2.30. The van der Waals surface area contributed by atoms with Crippen LogP contribution >= 0.6 is 0 Å². The Kier molecular flexibility index (Phi) is 5.79. The number of hydrogen-bond acceptors (Lipinski definition) is 5. The number of nitrogens with one attached hydrogen (secondary N) is 1. The van der Waals surface area contributed by atoms with Crippen LogP contribution in [0.15, 0.2) is 59.0 Å². The summed E-state index contributed by atoms with van der Waals surface area (Å²) in [7, 11) is -3.32. The molecule has 3 N–H and O–H groups in total. The maximum Gasteiger partial charge on any atom is 0.286 e. The van der Waals surface area contributed by atoms with Crippen molar-refractivity contribution in [1.29, 1.82) is 0 Å². The van der Waals surface area contributed by atoms with Crippen LogP contribution in [0, 0.1) is 0 Å². The number of nitrogens with two attached hydrogens (primary N) is 1. The monoisotopic (exact) mass is 400 g/mol. The minimum Gasteiger partial charge on any atom is -0.449 e. The van der Waals surface area contributed by atoms with Gasteiger partial charge in [0.15, 0.2) is 9.84 Å². The molecule has 0 bridgehead atoms. The lowest BCUT2D eigenvalue weighted by molar-refractivity contribution is -0.116. The molecule has 3 aromatic rings. The van der Waals surface area contributed by atoms with Crippen molar-refractivity contribution in [3.8, 4) is 0 Å². The largest absolute Gasteiger partial charge is 0.449 e. The van der Waals surface area contributed by atoms with E-state index in [1.165, 1.54) is 0 Å². The van der Waals surface area contributed by atoms with Gasteiger partial charge in [0.05, 0.1) is 11.5 Å². The first-order valence-electron chi connectivity index (χ1n) is 8.71. The molecular formula is C20H20N2O5S. The van der Waals surface area contributed by atoms with E-state index in [1.54, 1.807) is 48.5 Å². The lowest BCUT2D eigenvalue weighted by atomic mass is 10.2. The Labute approximate surface area is 162 Å². The number of para-hydroxylation sites is 1. The maximum atomic E-state index is 12.3. The van der Waals surface area contributed by atoms with Crippen LogP contribution in [-0.4, -0.2) is 26.0 Å². The van der Waals surface area contributed by atoms with Crippen molar-refractivity contribution in [2.24, 2.45) is 5.73 Å². The first-order valence-corrected chi connectivity index (χ1v) is 10.5. The summed E-state index contributed by atoms with van der Waals surface area (Å²) in [5.74, 6) is -1.51. The topological polar surface area (TPSA) is 119 Å². The van der Waals surface area contributed by atoms with Gasteiger partial charge in [-0.2, -0.15) is 0 Å². The Morgan fingerprint density at radius 1 is 1.00 bits per heavy atom. The van der Waals surface area contributed by atoms with Crippen LogP contribution in [0.1, 0.15) is 29.0 Å². The zero-order chi connectivity index (χ0) is 20.1. The van der Waals surface area contributed by atoms with E-state index >= 15 is 0 Å². The number of anilines is 1. The fourth-order valence-electron chi connectivity index (χ4n) is 2.90. The standard InChI is InChI=1S/C20H20N2O5S/c21-20(24)19-18(15-9-4-5-10-16(15)27-19)22-17(23)11-6-12-28(25,26)13-14-7-2-1-3-8-14/h1-5,7-10H,6,11-13H2,(H2,21,24)(H,22,23). The molecule has 8 heteroatoms. The third-order valence-corrected chi connectivity index (χ3v) is 5.86. The Morgan fingerprint density at radius 3 is 2.39 bits per heavy atom. The van der Waals surface area contributed by atoms with Gasteiger partial charge in [-0.3, -0.25) is 9.59 Å². The highest BCUT2D eigenvalue weighted by atomic mass is 32.2. The number of sulfone groups is 1. The highest BCUT2D eigenvalue weighted by molar-refractivity contribution is 7.90. The van der Waals surface area contributed by atoms with Crippen LogP contribution in [0.5, 0.6) is 0 Å². The van der Waals surface area contributed by atoms with Gasteiger partial charge in [0, 0.05) is 11.8 Å². The molecule has 146 valence electrons. The van der Waals surface area contributed by atoms with Crippen LogP contribution < -0.4 is 11.1 Å². The molecule has 0 aliphatic rings. The SMILES string of the molecule is NC(=O)c1oc2ccccc2c1NC(=O)CCCS(=O)(=O)Cc1ccccc1. The molecule has 0 saturated heterocycles. The van der Waals surface area contributed by atoms with Crippen molar-refractivity contribution in [3.63, 3.8) is 0 Å². The molecule has 1 heterocycles. The van der Waals surface area contributed by atoms with Crippen molar-refractivity contribution < 1.29 is 22.4 Å². The Morgan fingerprint density at radius 2 is 1.68 bits per heavy atom. The van der Waals surface area contributed by atoms with Gasteiger partial charge in [0.25, 0.3) is 5.91 Å². The van der Waals surface area contributed by atoms with E-state index in [4.69, 9.17) is 10.2 Å². The fraction of sp³-hybridized carbons (Fsp3) is 0.200. The minimum atomic E-state index is -3.32. The van der Waals surface area contributed by atoms with Gasteiger partial charge >= 0.3 is 0 Å². The van der Waals surface area contributed by atoms with Crippen LogP contribution in [-0.2, 0) is 20.4 Å². The molecule has 0 aliphatic carbocycles. The molecule has 0 radical (unpaired) electrons. The second kappa shape index (κ2) is 8.26. The van der Waals surface area contributed by atoms with Crippen molar-refractivity contribution in [3.05, 3.63) is 65.9 Å². The average molecular weight is 400 g/mol. The van der Waals surface area contributed by atoms with Crippen molar-refractivity contribution in [1.82, 2.24) is 0 Å². The summed E-state index contributed by atoms with van der Waals surface area (Å²) in [6.07, 6.45) is 0.161. The molecule has 1 aromatic heterocycles. The van der Waals surface area contributed by atoms with Gasteiger partial charge in [-0.1, -0.05) is 42.5 Å². The zero-order valence-corrected chi connectivity index (χ0v) is 15.9. The summed E-state index contributed by atoms with van der Waals surface area (Å²) >= 11 is 0. The lowest BCUT2D eigenvalue weighted by Gasteiger charge is -2.06. The van der Waals surface area contributed by atoms with Gasteiger partial charge < -0.3 is 15.5 Å². The highest BCUT2D eigenvalue weighted by Gasteiger charge is 2.20. The molecule has 2 aromatic carbocycles. The molecule has 3 rings (SSSR count). The van der Waals surface area contributed by atoms with E-state index < -0.39 is 21.7 Å². The second-order valence-corrected chi connectivity index (χ2v) is 8.58. The first kappa shape index (κ1) is 19.6. The molecular weight excluding hydrogens is 380 g/mol. The van der Waals surface area contributed by atoms with Gasteiger partial charge in [0.1, 0.15) is 11.3 Å². The van der Waals surface area contributed by atoms with Crippen molar-refractivity contribution >= 4 is 38.3 Å². The molecule has 0 fully saturated rings. The van der Waals surface area contributed by atoms with E-state index in [2.05, 4.69) is 5.32 Å². The van der Waals surface area contributed by atoms with Gasteiger partial charge in [0.2, 0.25) is 11.7 Å². The predicted octanol–water partition coefficient (Wildman–Crippen LogP) is 2.87. The molecule has 28 heavy (non-hydrogen) atoms. The van der Waals surface area contributed by atoms with E-state index in [0.717, 1.165) is 0 Å². The molecule has 0 aliphatic heterocycles. The van der Waals surface area contributed by atoms with Gasteiger partial charge in [-0.05, 0) is 24.1 Å². The normalized spacial score (nSPS) is 11.4. The second-order valence-electron chi connectivity index (χ2n) is 6.40. The molecule has 0 spiro atoms. The molecule has 0 saturated carbocycles. The summed E-state index contributed by atoms with van der Waals surface area (Å²) in [4.78, 5) is 23.9. The average Bonchev–Trinajstić information content (AvgIpc) is 3.01. The first-order chi connectivity index (χ1) is 13.4. The summed E-state index contributed by atoms with van der Waals surface area (Å²) in [5, 5.41) is 3.18.